The van der Waals surface area contributed by atoms with Gasteiger partial charge in [-0.05, 0) is 24.6 Å². The van der Waals surface area contributed by atoms with Gasteiger partial charge in [0.2, 0.25) is 0 Å². The quantitative estimate of drug-likeness (QED) is 0.740. The molecule has 14 heavy (non-hydrogen) atoms. The Balaban J connectivity index is 2.50. The second kappa shape index (κ2) is 3.50. The summed E-state index contributed by atoms with van der Waals surface area (Å²) in [6.07, 6.45) is 1.68. The molecule has 1 heterocycles. The Morgan fingerprint density at radius 3 is 2.50 bits per heavy atom. The van der Waals surface area contributed by atoms with E-state index in [1.165, 1.54) is 5.56 Å². The average molecular weight is 184 g/mol. The van der Waals surface area contributed by atoms with Crippen molar-refractivity contribution in [1.29, 1.82) is 0 Å². The van der Waals surface area contributed by atoms with Crippen molar-refractivity contribution in [2.24, 2.45) is 0 Å². The number of aromatic nitrogens is 1. The van der Waals surface area contributed by atoms with Crippen molar-refractivity contribution in [1.82, 2.24) is 4.98 Å². The number of nitrogen functional groups attached to an aromatic ring is 1. The second-order valence-corrected chi connectivity index (χ2v) is 3.29. The van der Waals surface area contributed by atoms with Crippen molar-refractivity contribution in [3.8, 4) is 11.3 Å². The molecule has 0 amide bonds. The van der Waals surface area contributed by atoms with E-state index < -0.39 is 0 Å². The van der Waals surface area contributed by atoms with Crippen LogP contribution in [-0.2, 0) is 0 Å². The van der Waals surface area contributed by atoms with E-state index >= 15 is 0 Å². The van der Waals surface area contributed by atoms with Crippen molar-refractivity contribution >= 4 is 5.69 Å². The van der Waals surface area contributed by atoms with Crippen LogP contribution in [0.25, 0.3) is 11.3 Å². The number of rotatable bonds is 1. The molecule has 0 bridgehead atoms. The van der Waals surface area contributed by atoms with E-state index in [1.807, 2.05) is 24.3 Å². The molecule has 2 N–H and O–H groups in total. The summed E-state index contributed by atoms with van der Waals surface area (Å²) in [6, 6.07) is 12.0. The molecule has 0 atom stereocenters. The Labute approximate surface area is 83.4 Å². The maximum Gasteiger partial charge on any atom is 0.0706 e. The van der Waals surface area contributed by atoms with E-state index in [1.54, 1.807) is 6.20 Å². The Bertz CT molecular complexity index is 432. The number of aryl methyl sites for hydroxylation is 1. The van der Waals surface area contributed by atoms with Crippen LogP contribution in [0.5, 0.6) is 0 Å². The molecule has 2 rings (SSSR count). The summed E-state index contributed by atoms with van der Waals surface area (Å²) in [7, 11) is 0. The van der Waals surface area contributed by atoms with Gasteiger partial charge in [0.05, 0.1) is 17.6 Å². The summed E-state index contributed by atoms with van der Waals surface area (Å²) in [5.74, 6) is 0. The first-order chi connectivity index (χ1) is 6.77. The van der Waals surface area contributed by atoms with E-state index in [2.05, 4.69) is 24.0 Å². The fourth-order valence-electron chi connectivity index (χ4n) is 1.42. The van der Waals surface area contributed by atoms with Gasteiger partial charge < -0.3 is 5.73 Å². The van der Waals surface area contributed by atoms with Crippen LogP contribution in [0.2, 0.25) is 0 Å². The molecule has 2 nitrogen and oxygen atoms in total. The first kappa shape index (κ1) is 8.75. The molecule has 0 saturated carbocycles. The van der Waals surface area contributed by atoms with Crippen molar-refractivity contribution in [3.63, 3.8) is 0 Å². The number of hydrogen-bond acceptors (Lipinski definition) is 2. The molecule has 0 aliphatic rings. The van der Waals surface area contributed by atoms with Crippen molar-refractivity contribution in [2.75, 3.05) is 5.73 Å². The van der Waals surface area contributed by atoms with Crippen LogP contribution in [0.4, 0.5) is 5.69 Å². The third-order valence-electron chi connectivity index (χ3n) is 2.21. The third-order valence-corrected chi connectivity index (χ3v) is 2.21. The lowest BCUT2D eigenvalue weighted by atomic mass is 10.1. The Morgan fingerprint density at radius 1 is 1.07 bits per heavy atom. The molecule has 70 valence electrons. The van der Waals surface area contributed by atoms with Gasteiger partial charge >= 0.3 is 0 Å². The number of hydrogen-bond donors (Lipinski definition) is 1. The molecule has 0 saturated heterocycles. The van der Waals surface area contributed by atoms with Crippen LogP contribution in [0, 0.1) is 6.92 Å². The largest absolute Gasteiger partial charge is 0.397 e. The molecule has 2 heteroatoms. The molecule has 1 aromatic carbocycles. The Hall–Kier alpha value is -1.83. The average Bonchev–Trinajstić information content (AvgIpc) is 2.20. The predicted octanol–water partition coefficient (Wildman–Crippen LogP) is 2.64. The van der Waals surface area contributed by atoms with Gasteiger partial charge in [0, 0.05) is 5.56 Å². The molecule has 0 aliphatic carbocycles. The van der Waals surface area contributed by atoms with E-state index in [0.29, 0.717) is 5.69 Å². The van der Waals surface area contributed by atoms with Crippen molar-refractivity contribution in [2.45, 2.75) is 6.92 Å². The minimum Gasteiger partial charge on any atom is -0.397 e. The van der Waals surface area contributed by atoms with Crippen LogP contribution in [-0.4, -0.2) is 4.98 Å². The first-order valence-electron chi connectivity index (χ1n) is 4.55. The molecular weight excluding hydrogens is 172 g/mol. The smallest absolute Gasteiger partial charge is 0.0706 e. The number of pyridine rings is 1. The summed E-state index contributed by atoms with van der Waals surface area (Å²) in [5.41, 5.74) is 9.63. The molecule has 0 fully saturated rings. The standard InChI is InChI=1S/C12H12N2/c1-9-4-2-3-5-11(9)12-7-6-10(13)8-14-12/h2-8H,13H2,1H3. The van der Waals surface area contributed by atoms with Gasteiger partial charge in [0.15, 0.2) is 0 Å². The van der Waals surface area contributed by atoms with E-state index in [9.17, 15) is 0 Å². The zero-order valence-corrected chi connectivity index (χ0v) is 8.07. The molecular formula is C12H12N2. The molecule has 1 aromatic heterocycles. The molecule has 0 unspecified atom stereocenters. The topological polar surface area (TPSA) is 38.9 Å². The lowest BCUT2D eigenvalue weighted by molar-refractivity contribution is 1.31. The minimum atomic E-state index is 0.697. The molecule has 0 aliphatic heterocycles. The van der Waals surface area contributed by atoms with Crippen LogP contribution in [0.1, 0.15) is 5.56 Å². The van der Waals surface area contributed by atoms with Crippen LogP contribution in [0.3, 0.4) is 0 Å². The fraction of sp³-hybridized carbons (Fsp3) is 0.0833. The maximum atomic E-state index is 5.58. The van der Waals surface area contributed by atoms with Crippen molar-refractivity contribution < 1.29 is 0 Å². The van der Waals surface area contributed by atoms with Gasteiger partial charge in [-0.25, -0.2) is 0 Å². The number of nitrogens with two attached hydrogens (primary N) is 1. The highest BCUT2D eigenvalue weighted by molar-refractivity contribution is 5.64. The minimum absolute atomic E-state index is 0.697. The summed E-state index contributed by atoms with van der Waals surface area (Å²) in [5, 5.41) is 0. The summed E-state index contributed by atoms with van der Waals surface area (Å²) >= 11 is 0. The number of benzene rings is 1. The van der Waals surface area contributed by atoms with E-state index in [0.717, 1.165) is 11.3 Å². The number of anilines is 1. The second-order valence-electron chi connectivity index (χ2n) is 3.29. The molecule has 0 spiro atoms. The summed E-state index contributed by atoms with van der Waals surface area (Å²) in [6.45, 7) is 2.08. The van der Waals surface area contributed by atoms with Crippen LogP contribution in [0.15, 0.2) is 42.6 Å². The first-order valence-corrected chi connectivity index (χ1v) is 4.55. The normalized spacial score (nSPS) is 10.1. The predicted molar refractivity (Wildman–Crippen MR) is 58.8 cm³/mol. The molecule has 2 aromatic rings. The highest BCUT2D eigenvalue weighted by atomic mass is 14.7. The maximum absolute atomic E-state index is 5.58. The van der Waals surface area contributed by atoms with Crippen LogP contribution < -0.4 is 5.73 Å². The zero-order chi connectivity index (χ0) is 9.97. The number of nitrogens with zero attached hydrogens (tertiary/aromatic N) is 1. The van der Waals surface area contributed by atoms with Gasteiger partial charge in [0.25, 0.3) is 0 Å². The third kappa shape index (κ3) is 1.59. The lowest BCUT2D eigenvalue weighted by Crippen LogP contribution is -1.89. The Kier molecular flexibility index (Phi) is 2.19. The van der Waals surface area contributed by atoms with Gasteiger partial charge in [-0.1, -0.05) is 24.3 Å². The van der Waals surface area contributed by atoms with Gasteiger partial charge in [0.1, 0.15) is 0 Å². The lowest BCUT2D eigenvalue weighted by Gasteiger charge is -2.04. The van der Waals surface area contributed by atoms with Gasteiger partial charge in [-0.3, -0.25) is 4.98 Å². The van der Waals surface area contributed by atoms with E-state index in [-0.39, 0.29) is 0 Å². The summed E-state index contributed by atoms with van der Waals surface area (Å²) < 4.78 is 0. The van der Waals surface area contributed by atoms with E-state index in [4.69, 9.17) is 5.73 Å². The monoisotopic (exact) mass is 184 g/mol. The van der Waals surface area contributed by atoms with Crippen LogP contribution >= 0.6 is 0 Å². The summed E-state index contributed by atoms with van der Waals surface area (Å²) in [4.78, 5) is 4.28. The van der Waals surface area contributed by atoms with Gasteiger partial charge in [-0.2, -0.15) is 0 Å². The van der Waals surface area contributed by atoms with Gasteiger partial charge in [-0.15, -0.1) is 0 Å². The fourth-order valence-corrected chi connectivity index (χ4v) is 1.42. The highest BCUT2D eigenvalue weighted by Crippen LogP contribution is 2.20. The zero-order valence-electron chi connectivity index (χ0n) is 8.07. The van der Waals surface area contributed by atoms with Crippen molar-refractivity contribution in [3.05, 3.63) is 48.2 Å². The Morgan fingerprint density at radius 2 is 1.86 bits per heavy atom. The highest BCUT2D eigenvalue weighted by Gasteiger charge is 2.00. The SMILES string of the molecule is Cc1ccccc1-c1ccc(N)cn1. The molecule has 0 radical (unpaired) electrons.